The second-order valence-electron chi connectivity index (χ2n) is 2.90. The summed E-state index contributed by atoms with van der Waals surface area (Å²) in [5.41, 5.74) is 0.292. The third-order valence-electron chi connectivity index (χ3n) is 1.90. The first kappa shape index (κ1) is 11.3. The van der Waals surface area contributed by atoms with Gasteiger partial charge in [0.05, 0.1) is 11.4 Å². The van der Waals surface area contributed by atoms with Crippen molar-refractivity contribution in [3.05, 3.63) is 35.1 Å². The van der Waals surface area contributed by atoms with Crippen LogP contribution in [0.5, 0.6) is 0 Å². The van der Waals surface area contributed by atoms with Gasteiger partial charge in [-0.3, -0.25) is 4.79 Å². The lowest BCUT2D eigenvalue weighted by Gasteiger charge is -2.08. The molecule has 0 aliphatic heterocycles. The van der Waals surface area contributed by atoms with Gasteiger partial charge in [0.25, 0.3) is 0 Å². The molecule has 0 aromatic heterocycles. The highest BCUT2D eigenvalue weighted by Crippen LogP contribution is 2.17. The van der Waals surface area contributed by atoms with Gasteiger partial charge < -0.3 is 5.11 Å². The number of carbonyl (C=O) groups is 1. The molecule has 0 amide bonds. The van der Waals surface area contributed by atoms with E-state index in [0.29, 0.717) is 0 Å². The monoisotopic (exact) mass is 260 g/mol. The molecule has 76 valence electrons. The van der Waals surface area contributed by atoms with Crippen molar-refractivity contribution in [2.45, 2.75) is 18.4 Å². The molecular weight excluding hydrogens is 251 g/mol. The van der Waals surface area contributed by atoms with Crippen molar-refractivity contribution in [3.8, 4) is 0 Å². The molecule has 0 saturated carbocycles. The van der Waals surface area contributed by atoms with Gasteiger partial charge in [-0.05, 0) is 13.0 Å². The molecule has 4 heteroatoms. The Morgan fingerprint density at radius 3 is 2.79 bits per heavy atom. The number of aliphatic hydroxyl groups is 1. The van der Waals surface area contributed by atoms with Gasteiger partial charge in [-0.15, -0.1) is 0 Å². The minimum absolute atomic E-state index is 0.0591. The number of carbonyl (C=O) groups excluding carboxylic acids is 1. The Bertz CT molecular complexity index is 350. The first-order chi connectivity index (χ1) is 6.57. The summed E-state index contributed by atoms with van der Waals surface area (Å²) < 4.78 is 13.1. The quantitative estimate of drug-likeness (QED) is 0.669. The van der Waals surface area contributed by atoms with Crippen LogP contribution in [-0.2, 0) is 6.61 Å². The van der Waals surface area contributed by atoms with E-state index in [4.69, 9.17) is 5.11 Å². The lowest BCUT2D eigenvalue weighted by atomic mass is 10.0. The molecule has 0 bridgehead atoms. The van der Waals surface area contributed by atoms with Crippen LogP contribution < -0.4 is 0 Å². The van der Waals surface area contributed by atoms with E-state index in [2.05, 4.69) is 15.9 Å². The van der Waals surface area contributed by atoms with Crippen LogP contribution >= 0.6 is 15.9 Å². The Kier molecular flexibility index (Phi) is 3.77. The van der Waals surface area contributed by atoms with E-state index in [-0.39, 0.29) is 21.7 Å². The van der Waals surface area contributed by atoms with Gasteiger partial charge in [0.1, 0.15) is 5.82 Å². The third-order valence-corrected chi connectivity index (χ3v) is 2.32. The van der Waals surface area contributed by atoms with Gasteiger partial charge in [0, 0.05) is 11.1 Å². The van der Waals surface area contributed by atoms with Gasteiger partial charge in [-0.2, -0.15) is 0 Å². The molecule has 0 saturated heterocycles. The van der Waals surface area contributed by atoms with Crippen LogP contribution in [0, 0.1) is 5.82 Å². The zero-order valence-electron chi connectivity index (χ0n) is 7.63. The number of aliphatic hydroxyl groups excluding tert-OH is 1. The van der Waals surface area contributed by atoms with Gasteiger partial charge >= 0.3 is 0 Å². The summed E-state index contributed by atoms with van der Waals surface area (Å²) in [6, 6.07) is 4.19. The van der Waals surface area contributed by atoms with Crippen LogP contribution in [0.4, 0.5) is 4.39 Å². The fourth-order valence-electron chi connectivity index (χ4n) is 1.16. The maximum atomic E-state index is 13.1. The van der Waals surface area contributed by atoms with Crippen molar-refractivity contribution in [2.75, 3.05) is 0 Å². The Balaban J connectivity index is 3.20. The van der Waals surface area contributed by atoms with Crippen molar-refractivity contribution < 1.29 is 14.3 Å². The molecule has 1 rings (SSSR count). The first-order valence-electron chi connectivity index (χ1n) is 4.14. The largest absolute Gasteiger partial charge is 0.392 e. The SMILES string of the molecule is CC(Br)C(=O)c1cccc(F)c1CO. The maximum absolute atomic E-state index is 13.1. The van der Waals surface area contributed by atoms with Gasteiger partial charge in [0.15, 0.2) is 5.78 Å². The van der Waals surface area contributed by atoms with E-state index in [1.807, 2.05) is 0 Å². The second-order valence-corrected chi connectivity index (χ2v) is 4.28. The summed E-state index contributed by atoms with van der Waals surface area (Å²) in [4.78, 5) is 11.2. The lowest BCUT2D eigenvalue weighted by molar-refractivity contribution is 0.0992. The molecule has 0 aliphatic carbocycles. The molecule has 0 fully saturated rings. The minimum atomic E-state index is -0.550. The van der Waals surface area contributed by atoms with Crippen LogP contribution in [0.25, 0.3) is 0 Å². The highest BCUT2D eigenvalue weighted by molar-refractivity contribution is 9.10. The summed E-state index contributed by atoms with van der Waals surface area (Å²) >= 11 is 3.11. The predicted octanol–water partition coefficient (Wildman–Crippen LogP) is 2.28. The molecule has 1 aromatic rings. The predicted molar refractivity (Wildman–Crippen MR) is 55.0 cm³/mol. The number of alkyl halides is 1. The molecule has 14 heavy (non-hydrogen) atoms. The number of hydrogen-bond donors (Lipinski definition) is 1. The van der Waals surface area contributed by atoms with Crippen molar-refractivity contribution in [1.29, 1.82) is 0 Å². The van der Waals surface area contributed by atoms with Crippen LogP contribution in [0.15, 0.2) is 18.2 Å². The van der Waals surface area contributed by atoms with Crippen molar-refractivity contribution in [1.82, 2.24) is 0 Å². The highest BCUT2D eigenvalue weighted by atomic mass is 79.9. The maximum Gasteiger partial charge on any atom is 0.176 e. The van der Waals surface area contributed by atoms with Crippen LogP contribution in [0.2, 0.25) is 0 Å². The van der Waals surface area contributed by atoms with E-state index >= 15 is 0 Å². The third kappa shape index (κ3) is 2.19. The normalized spacial score (nSPS) is 12.6. The van der Waals surface area contributed by atoms with Crippen LogP contribution in [-0.4, -0.2) is 15.7 Å². The molecule has 1 N–H and O–H groups in total. The molecule has 0 spiro atoms. The molecule has 0 aliphatic rings. The van der Waals surface area contributed by atoms with Crippen LogP contribution in [0.1, 0.15) is 22.8 Å². The number of hydrogen-bond acceptors (Lipinski definition) is 2. The summed E-state index contributed by atoms with van der Waals surface area (Å²) in [7, 11) is 0. The van der Waals surface area contributed by atoms with E-state index in [0.717, 1.165) is 0 Å². The van der Waals surface area contributed by atoms with Gasteiger partial charge in [-0.25, -0.2) is 4.39 Å². The first-order valence-corrected chi connectivity index (χ1v) is 5.06. The smallest absolute Gasteiger partial charge is 0.176 e. The fourth-order valence-corrected chi connectivity index (χ4v) is 1.41. The zero-order valence-corrected chi connectivity index (χ0v) is 9.21. The summed E-state index contributed by atoms with van der Waals surface area (Å²) in [5, 5.41) is 8.92. The minimum Gasteiger partial charge on any atom is -0.392 e. The highest BCUT2D eigenvalue weighted by Gasteiger charge is 2.17. The topological polar surface area (TPSA) is 37.3 Å². The Hall–Kier alpha value is -0.740. The Labute approximate surface area is 89.9 Å². The second kappa shape index (κ2) is 4.66. The number of halogens is 2. The summed E-state index contributed by atoms with van der Waals surface area (Å²) in [6.07, 6.45) is 0. The van der Waals surface area contributed by atoms with Crippen molar-refractivity contribution >= 4 is 21.7 Å². The Morgan fingerprint density at radius 2 is 2.29 bits per heavy atom. The fraction of sp³-hybridized carbons (Fsp3) is 0.300. The van der Waals surface area contributed by atoms with E-state index in [1.54, 1.807) is 6.92 Å². The van der Waals surface area contributed by atoms with Crippen molar-refractivity contribution in [2.24, 2.45) is 0 Å². The molecule has 1 aromatic carbocycles. The number of benzene rings is 1. The lowest BCUT2D eigenvalue weighted by Crippen LogP contribution is -2.13. The summed E-state index contributed by atoms with van der Waals surface area (Å²) in [6.45, 7) is 1.20. The van der Waals surface area contributed by atoms with Gasteiger partial charge in [0.2, 0.25) is 0 Å². The zero-order chi connectivity index (χ0) is 10.7. The van der Waals surface area contributed by atoms with E-state index < -0.39 is 12.4 Å². The molecule has 0 heterocycles. The standard InChI is InChI=1S/C10H10BrFO2/c1-6(11)10(14)7-3-2-4-9(12)8(7)5-13/h2-4,6,13H,5H2,1H3. The van der Waals surface area contributed by atoms with Crippen molar-refractivity contribution in [3.63, 3.8) is 0 Å². The average molecular weight is 261 g/mol. The number of Topliss-reactive ketones (excluding diaryl/α,β-unsaturated/α-hetero) is 1. The molecule has 2 nitrogen and oxygen atoms in total. The van der Waals surface area contributed by atoms with E-state index in [9.17, 15) is 9.18 Å². The number of rotatable bonds is 3. The van der Waals surface area contributed by atoms with Crippen LogP contribution in [0.3, 0.4) is 0 Å². The molecule has 1 unspecified atom stereocenters. The molecule has 1 atom stereocenters. The number of ketones is 1. The molecular formula is C10H10BrFO2. The van der Waals surface area contributed by atoms with E-state index in [1.165, 1.54) is 18.2 Å². The Morgan fingerprint density at radius 1 is 1.64 bits per heavy atom. The van der Waals surface area contributed by atoms with Gasteiger partial charge in [-0.1, -0.05) is 28.1 Å². The molecule has 0 radical (unpaired) electrons. The average Bonchev–Trinajstić information content (AvgIpc) is 2.16. The summed E-state index contributed by atoms with van der Waals surface area (Å²) in [5.74, 6) is -0.778.